The molecule has 2 aliphatic rings. The van der Waals surface area contributed by atoms with Crippen molar-refractivity contribution in [1.29, 1.82) is 0 Å². The number of fused-ring (bicyclic) bond motifs is 1. The highest BCUT2D eigenvalue weighted by molar-refractivity contribution is 5.89. The second-order valence-corrected chi connectivity index (χ2v) is 8.62. The minimum atomic E-state index is -1.42. The third kappa shape index (κ3) is 6.12. The van der Waals surface area contributed by atoms with Crippen molar-refractivity contribution in [1.82, 2.24) is 25.9 Å². The molecule has 4 atom stereocenters. The molecular formula is C23H31N5O4. The van der Waals surface area contributed by atoms with Crippen LogP contribution >= 0.6 is 0 Å². The predicted octanol–water partition coefficient (Wildman–Crippen LogP) is 2.32. The number of nitrogens with zero attached hydrogens (tertiary/aromatic N) is 3. The SMILES string of the molecule is [2H][C@@]1(C(=O)OCCCOC(=O)c2ccccc2)C[C@H]2C[C@@H](CCc3nn[nH]n3)CC[C@H]2CN1. The van der Waals surface area contributed by atoms with Gasteiger partial charge in [0.05, 0.1) is 20.1 Å². The maximum Gasteiger partial charge on any atom is 0.338 e. The highest BCUT2D eigenvalue weighted by atomic mass is 16.5. The van der Waals surface area contributed by atoms with Gasteiger partial charge in [-0.3, -0.25) is 4.79 Å². The van der Waals surface area contributed by atoms with Crippen molar-refractivity contribution in [2.24, 2.45) is 17.8 Å². The van der Waals surface area contributed by atoms with Gasteiger partial charge in [0.2, 0.25) is 0 Å². The molecule has 1 aliphatic heterocycles. The molecular weight excluding hydrogens is 410 g/mol. The first kappa shape index (κ1) is 21.1. The van der Waals surface area contributed by atoms with Crippen molar-refractivity contribution >= 4 is 11.9 Å². The highest BCUT2D eigenvalue weighted by Crippen LogP contribution is 2.40. The van der Waals surface area contributed by atoms with Crippen LogP contribution in [0.3, 0.4) is 0 Å². The lowest BCUT2D eigenvalue weighted by atomic mass is 9.69. The molecule has 1 aromatic heterocycles. The van der Waals surface area contributed by atoms with Gasteiger partial charge >= 0.3 is 11.9 Å². The maximum atomic E-state index is 12.7. The van der Waals surface area contributed by atoms with Crippen LogP contribution in [0.5, 0.6) is 0 Å². The molecule has 1 aromatic carbocycles. The second kappa shape index (κ2) is 11.2. The van der Waals surface area contributed by atoms with Crippen LogP contribution in [0.15, 0.2) is 30.3 Å². The van der Waals surface area contributed by atoms with E-state index < -0.39 is 18.0 Å². The van der Waals surface area contributed by atoms with E-state index in [2.05, 4.69) is 25.9 Å². The van der Waals surface area contributed by atoms with Crippen LogP contribution in [-0.2, 0) is 20.7 Å². The maximum absolute atomic E-state index is 12.7. The third-order valence-electron chi connectivity index (χ3n) is 6.47. The molecule has 1 saturated heterocycles. The normalized spacial score (nSPS) is 27.8. The van der Waals surface area contributed by atoms with Gasteiger partial charge in [-0.2, -0.15) is 5.21 Å². The molecule has 2 N–H and O–H groups in total. The fraction of sp³-hybridized carbons (Fsp3) is 0.609. The van der Waals surface area contributed by atoms with Gasteiger partial charge in [0.25, 0.3) is 0 Å². The standard InChI is InChI=1S/C23H31N5O4/c29-22(17-5-2-1-3-6-17)31-11-4-12-32-23(30)20-14-19-13-16(7-9-18(19)15-24-20)8-10-21-25-27-28-26-21/h1-3,5-6,16,18-20,24H,4,7-15H2,(H,25,26,27,28)/t16-,18+,19-,20+/m1/s1/i20D. The summed E-state index contributed by atoms with van der Waals surface area (Å²) in [4.78, 5) is 24.6. The van der Waals surface area contributed by atoms with Gasteiger partial charge in [-0.15, -0.1) is 10.2 Å². The number of aromatic amines is 1. The molecule has 2 fully saturated rings. The van der Waals surface area contributed by atoms with E-state index in [0.717, 1.165) is 37.9 Å². The molecule has 0 unspecified atom stereocenters. The zero-order valence-electron chi connectivity index (χ0n) is 19.2. The largest absolute Gasteiger partial charge is 0.464 e. The summed E-state index contributed by atoms with van der Waals surface area (Å²) in [6, 6.07) is 7.34. The van der Waals surface area contributed by atoms with Gasteiger partial charge in [0.1, 0.15) is 6.02 Å². The molecule has 172 valence electrons. The Morgan fingerprint density at radius 1 is 1.09 bits per heavy atom. The third-order valence-corrected chi connectivity index (χ3v) is 6.47. The first-order valence-corrected chi connectivity index (χ1v) is 11.4. The summed E-state index contributed by atoms with van der Waals surface area (Å²) in [6.45, 7) is 0.937. The Hall–Kier alpha value is -2.81. The van der Waals surface area contributed by atoms with Crippen LogP contribution in [0.2, 0.25) is 0 Å². The van der Waals surface area contributed by atoms with Gasteiger partial charge in [-0.1, -0.05) is 29.8 Å². The van der Waals surface area contributed by atoms with E-state index >= 15 is 0 Å². The number of benzene rings is 1. The smallest absolute Gasteiger partial charge is 0.338 e. The number of ether oxygens (including phenoxy) is 2. The molecule has 0 radical (unpaired) electrons. The first-order chi connectivity index (χ1) is 16.0. The number of rotatable bonds is 9. The average Bonchev–Trinajstić information content (AvgIpc) is 3.36. The van der Waals surface area contributed by atoms with Crippen molar-refractivity contribution in [3.63, 3.8) is 0 Å². The van der Waals surface area contributed by atoms with Crippen LogP contribution in [-0.4, -0.2) is 58.3 Å². The summed E-state index contributed by atoms with van der Waals surface area (Å²) in [5, 5.41) is 17.2. The van der Waals surface area contributed by atoms with Gasteiger partial charge in [0.15, 0.2) is 5.82 Å². The van der Waals surface area contributed by atoms with Gasteiger partial charge in [-0.25, -0.2) is 4.79 Å². The molecule has 9 heteroatoms. The topological polar surface area (TPSA) is 119 Å². The number of H-pyrrole nitrogens is 1. The summed E-state index contributed by atoms with van der Waals surface area (Å²) in [6.07, 6.45) is 5.90. The van der Waals surface area contributed by atoms with Crippen molar-refractivity contribution in [2.75, 3.05) is 19.8 Å². The van der Waals surface area contributed by atoms with E-state index in [1.807, 2.05) is 6.07 Å². The number of nitrogens with one attached hydrogen (secondary N) is 2. The van der Waals surface area contributed by atoms with Crippen LogP contribution in [0.1, 0.15) is 56.1 Å². The van der Waals surface area contributed by atoms with Crippen LogP contribution < -0.4 is 5.32 Å². The zero-order chi connectivity index (χ0) is 23.1. The lowest BCUT2D eigenvalue weighted by molar-refractivity contribution is -0.148. The Kier molecular flexibility index (Phi) is 7.35. The quantitative estimate of drug-likeness (QED) is 0.449. The summed E-state index contributed by atoms with van der Waals surface area (Å²) in [5.41, 5.74) is 0.489. The molecule has 0 bridgehead atoms. The number of aryl methyl sites for hydroxylation is 1. The number of tetrazole rings is 1. The van der Waals surface area contributed by atoms with Gasteiger partial charge in [-0.05, 0) is 62.1 Å². The van der Waals surface area contributed by atoms with Crippen LogP contribution in [0, 0.1) is 17.8 Å². The average molecular weight is 443 g/mol. The number of hydrogen-bond acceptors (Lipinski definition) is 8. The summed E-state index contributed by atoms with van der Waals surface area (Å²) < 4.78 is 19.3. The van der Waals surface area contributed by atoms with Crippen molar-refractivity contribution in [2.45, 2.75) is 51.0 Å². The Balaban J connectivity index is 1.18. The molecule has 2 aromatic rings. The number of esters is 2. The lowest BCUT2D eigenvalue weighted by Gasteiger charge is -2.42. The zero-order valence-corrected chi connectivity index (χ0v) is 18.2. The Bertz CT molecular complexity index is 913. The highest BCUT2D eigenvalue weighted by Gasteiger charge is 2.38. The summed E-state index contributed by atoms with van der Waals surface area (Å²) in [7, 11) is 0. The summed E-state index contributed by atoms with van der Waals surface area (Å²) >= 11 is 0. The van der Waals surface area contributed by atoms with E-state index in [1.54, 1.807) is 24.3 Å². The molecule has 1 saturated carbocycles. The van der Waals surface area contributed by atoms with Crippen LogP contribution in [0.4, 0.5) is 0 Å². The molecule has 0 spiro atoms. The Morgan fingerprint density at radius 3 is 2.75 bits per heavy atom. The van der Waals surface area contributed by atoms with E-state index in [9.17, 15) is 9.59 Å². The van der Waals surface area contributed by atoms with E-state index in [1.165, 1.54) is 0 Å². The second-order valence-electron chi connectivity index (χ2n) is 8.62. The fourth-order valence-corrected chi connectivity index (χ4v) is 4.70. The molecule has 2 heterocycles. The first-order valence-electron chi connectivity index (χ1n) is 11.9. The van der Waals surface area contributed by atoms with Crippen molar-refractivity contribution in [3.8, 4) is 0 Å². The Labute approximate surface area is 189 Å². The van der Waals surface area contributed by atoms with Crippen LogP contribution in [0.25, 0.3) is 0 Å². The number of aromatic nitrogens is 4. The number of carbonyl (C=O) groups is 2. The van der Waals surface area contributed by atoms with Crippen molar-refractivity contribution < 1.29 is 20.4 Å². The molecule has 32 heavy (non-hydrogen) atoms. The minimum Gasteiger partial charge on any atom is -0.464 e. The molecule has 0 amide bonds. The monoisotopic (exact) mass is 442 g/mol. The number of piperidine rings is 1. The molecule has 1 aliphatic carbocycles. The number of hydrogen-bond donors (Lipinski definition) is 2. The fourth-order valence-electron chi connectivity index (χ4n) is 4.70. The van der Waals surface area contributed by atoms with E-state index in [-0.39, 0.29) is 13.2 Å². The van der Waals surface area contributed by atoms with E-state index in [0.29, 0.717) is 42.7 Å². The Morgan fingerprint density at radius 2 is 1.94 bits per heavy atom. The minimum absolute atomic E-state index is 0.116. The van der Waals surface area contributed by atoms with Gasteiger partial charge < -0.3 is 14.8 Å². The summed E-state index contributed by atoms with van der Waals surface area (Å²) in [5.74, 6) is 1.15. The lowest BCUT2D eigenvalue weighted by Crippen LogP contribution is -2.50. The van der Waals surface area contributed by atoms with Crippen molar-refractivity contribution in [3.05, 3.63) is 41.7 Å². The van der Waals surface area contributed by atoms with Gasteiger partial charge in [0, 0.05) is 12.8 Å². The molecule has 9 nitrogen and oxygen atoms in total. The van der Waals surface area contributed by atoms with E-state index in [4.69, 9.17) is 10.8 Å². The molecule has 4 rings (SSSR count). The number of carbonyl (C=O) groups excluding carboxylic acids is 2. The predicted molar refractivity (Wildman–Crippen MR) is 116 cm³/mol.